The minimum atomic E-state index is -0.237. The number of rotatable bonds is 5. The molecule has 0 bridgehead atoms. The molecule has 2 heterocycles. The van der Waals surface area contributed by atoms with Gasteiger partial charge in [-0.1, -0.05) is 42.5 Å². The highest BCUT2D eigenvalue weighted by Gasteiger charge is 2.36. The van der Waals surface area contributed by atoms with Crippen LogP contribution in [-0.2, 0) is 0 Å². The van der Waals surface area contributed by atoms with Crippen molar-refractivity contribution in [1.82, 2.24) is 5.01 Å². The van der Waals surface area contributed by atoms with Gasteiger partial charge in [0.2, 0.25) is 0 Å². The van der Waals surface area contributed by atoms with E-state index in [1.54, 1.807) is 14.2 Å². The molecular weight excluding hydrogens is 446 g/mol. The van der Waals surface area contributed by atoms with Gasteiger partial charge < -0.3 is 9.47 Å². The summed E-state index contributed by atoms with van der Waals surface area (Å²) in [5, 5.41) is 6.61. The molecule has 34 heavy (non-hydrogen) atoms. The molecular formula is C27H23N3O3S. The first-order valence-corrected chi connectivity index (χ1v) is 11.7. The molecule has 0 aliphatic carbocycles. The molecule has 0 saturated heterocycles. The molecule has 2 aliphatic rings. The van der Waals surface area contributed by atoms with Crippen molar-refractivity contribution in [3.8, 4) is 11.5 Å². The summed E-state index contributed by atoms with van der Waals surface area (Å²) in [6, 6.07) is 25.6. The third kappa shape index (κ3) is 4.47. The fourth-order valence-electron chi connectivity index (χ4n) is 4.01. The van der Waals surface area contributed by atoms with Crippen LogP contribution in [0.5, 0.6) is 11.5 Å². The van der Waals surface area contributed by atoms with E-state index >= 15 is 0 Å². The number of amidine groups is 1. The lowest BCUT2D eigenvalue weighted by Gasteiger charge is -2.24. The van der Waals surface area contributed by atoms with E-state index in [0.717, 1.165) is 50.6 Å². The lowest BCUT2D eigenvalue weighted by molar-refractivity contribution is 0.267. The van der Waals surface area contributed by atoms with Crippen LogP contribution in [0, 0.1) is 0 Å². The summed E-state index contributed by atoms with van der Waals surface area (Å²) < 4.78 is 10.6. The molecule has 0 saturated carbocycles. The molecule has 7 heteroatoms. The highest BCUT2D eigenvalue weighted by atomic mass is 32.2. The second kappa shape index (κ2) is 9.57. The van der Waals surface area contributed by atoms with Gasteiger partial charge in [0.1, 0.15) is 11.5 Å². The fourth-order valence-corrected chi connectivity index (χ4v) is 4.76. The Balaban J connectivity index is 1.55. The van der Waals surface area contributed by atoms with Gasteiger partial charge in [0.15, 0.2) is 5.84 Å². The highest BCUT2D eigenvalue weighted by molar-refractivity contribution is 8.18. The summed E-state index contributed by atoms with van der Waals surface area (Å²) in [4.78, 5) is 17.5. The quantitative estimate of drug-likeness (QED) is 0.448. The first-order valence-electron chi connectivity index (χ1n) is 10.9. The van der Waals surface area contributed by atoms with Crippen molar-refractivity contribution in [2.75, 3.05) is 14.2 Å². The number of methoxy groups -OCH3 is 2. The van der Waals surface area contributed by atoms with Gasteiger partial charge in [0.25, 0.3) is 0 Å². The molecule has 2 aliphatic heterocycles. The summed E-state index contributed by atoms with van der Waals surface area (Å²) in [7, 11) is 3.30. The molecule has 0 N–H and O–H groups in total. The molecule has 1 unspecified atom stereocenters. The Hall–Kier alpha value is -3.84. The smallest absolute Gasteiger partial charge is 0.311 e. The van der Waals surface area contributed by atoms with Crippen LogP contribution in [0.4, 0.5) is 4.79 Å². The van der Waals surface area contributed by atoms with Gasteiger partial charge in [-0.05, 0) is 70.9 Å². The Morgan fingerprint density at radius 2 is 1.56 bits per heavy atom. The van der Waals surface area contributed by atoms with Gasteiger partial charge in [0.05, 0.1) is 30.9 Å². The molecule has 0 fully saturated rings. The van der Waals surface area contributed by atoms with Gasteiger partial charge in [-0.15, -0.1) is 0 Å². The van der Waals surface area contributed by atoms with E-state index in [4.69, 9.17) is 14.6 Å². The molecule has 0 radical (unpaired) electrons. The van der Waals surface area contributed by atoms with E-state index in [-0.39, 0.29) is 11.3 Å². The molecule has 0 aromatic heterocycles. The number of ether oxygens (including phenoxy) is 2. The summed E-state index contributed by atoms with van der Waals surface area (Å²) in [5.41, 5.74) is 4.01. The zero-order valence-corrected chi connectivity index (χ0v) is 19.7. The predicted octanol–water partition coefficient (Wildman–Crippen LogP) is 6.16. The van der Waals surface area contributed by atoms with Crippen LogP contribution in [0.2, 0.25) is 0 Å². The Kier molecular flexibility index (Phi) is 6.18. The first-order chi connectivity index (χ1) is 16.6. The number of carbonyl (C=O) groups is 1. The number of hydrogen-bond donors (Lipinski definition) is 0. The average molecular weight is 470 g/mol. The highest BCUT2D eigenvalue weighted by Crippen LogP contribution is 2.40. The Labute approximate surface area is 202 Å². The number of hydrazone groups is 1. The maximum absolute atomic E-state index is 12.4. The van der Waals surface area contributed by atoms with Crippen LogP contribution < -0.4 is 9.47 Å². The average Bonchev–Trinajstić information content (AvgIpc) is 3.48. The second-order valence-corrected chi connectivity index (χ2v) is 8.83. The van der Waals surface area contributed by atoms with Crippen LogP contribution in [0.3, 0.4) is 0 Å². The normalized spacial score (nSPS) is 18.8. The topological polar surface area (TPSA) is 63.5 Å². The summed E-state index contributed by atoms with van der Waals surface area (Å²) in [6.07, 6.45) is 2.66. The standard InChI is InChI=1S/C27H23N3O3S/c1-32-21-12-8-19(9-13-21)23-17-24(20-10-14-22(33-2)15-11-20)30(29-23)26-25(34-27(31)28-26)16-18-6-4-3-5-7-18/h3-16,24H,17H2,1-2H3/b25-16-. The monoisotopic (exact) mass is 469 g/mol. The number of aliphatic imine (C=N–C) groups is 1. The van der Waals surface area contributed by atoms with E-state index in [0.29, 0.717) is 12.3 Å². The zero-order valence-electron chi connectivity index (χ0n) is 18.8. The van der Waals surface area contributed by atoms with Crippen molar-refractivity contribution in [2.45, 2.75) is 12.5 Å². The van der Waals surface area contributed by atoms with Gasteiger partial charge in [-0.25, -0.2) is 5.01 Å². The number of nitrogens with zero attached hydrogens (tertiary/aromatic N) is 3. The van der Waals surface area contributed by atoms with Crippen molar-refractivity contribution >= 4 is 34.6 Å². The van der Waals surface area contributed by atoms with Gasteiger partial charge in [-0.3, -0.25) is 4.79 Å². The SMILES string of the molecule is COc1ccc(C2=NN(C3=NC(=O)S/C3=C\c3ccccc3)C(c3ccc(OC)cc3)C2)cc1. The maximum atomic E-state index is 12.4. The Bertz CT molecular complexity index is 1280. The predicted molar refractivity (Wildman–Crippen MR) is 137 cm³/mol. The second-order valence-electron chi connectivity index (χ2n) is 7.84. The molecule has 6 nitrogen and oxygen atoms in total. The van der Waals surface area contributed by atoms with Crippen LogP contribution in [-0.4, -0.2) is 36.0 Å². The molecule has 1 atom stereocenters. The van der Waals surface area contributed by atoms with Crippen LogP contribution in [0.15, 0.2) is 93.9 Å². The van der Waals surface area contributed by atoms with Crippen molar-refractivity contribution in [3.63, 3.8) is 0 Å². The van der Waals surface area contributed by atoms with Gasteiger partial charge in [-0.2, -0.15) is 10.1 Å². The first kappa shape index (κ1) is 22.0. The van der Waals surface area contributed by atoms with E-state index < -0.39 is 0 Å². The van der Waals surface area contributed by atoms with Crippen molar-refractivity contribution < 1.29 is 14.3 Å². The Morgan fingerprint density at radius 3 is 2.21 bits per heavy atom. The lowest BCUT2D eigenvalue weighted by atomic mass is 9.98. The summed E-state index contributed by atoms with van der Waals surface area (Å²) >= 11 is 1.13. The molecule has 5 rings (SSSR count). The van der Waals surface area contributed by atoms with Gasteiger partial charge >= 0.3 is 5.24 Å². The van der Waals surface area contributed by atoms with Crippen molar-refractivity contribution in [2.24, 2.45) is 10.1 Å². The molecule has 1 amide bonds. The number of benzene rings is 3. The van der Waals surface area contributed by atoms with E-state index in [1.165, 1.54) is 0 Å². The minimum Gasteiger partial charge on any atom is -0.497 e. The van der Waals surface area contributed by atoms with E-state index in [9.17, 15) is 4.79 Å². The summed E-state index contributed by atoms with van der Waals surface area (Å²) in [6.45, 7) is 0. The van der Waals surface area contributed by atoms with E-state index in [1.807, 2.05) is 89.9 Å². The number of amides is 1. The molecule has 3 aromatic carbocycles. The minimum absolute atomic E-state index is 0.104. The summed E-state index contributed by atoms with van der Waals surface area (Å²) in [5.74, 6) is 2.16. The van der Waals surface area contributed by atoms with Crippen molar-refractivity contribution in [1.29, 1.82) is 0 Å². The zero-order chi connectivity index (χ0) is 23.5. The lowest BCUT2D eigenvalue weighted by Crippen LogP contribution is -2.26. The molecule has 0 spiro atoms. The Morgan fingerprint density at radius 1 is 0.912 bits per heavy atom. The van der Waals surface area contributed by atoms with Crippen LogP contribution in [0.25, 0.3) is 6.08 Å². The van der Waals surface area contributed by atoms with Crippen LogP contribution in [0.1, 0.15) is 29.2 Å². The van der Waals surface area contributed by atoms with Gasteiger partial charge in [0, 0.05) is 6.42 Å². The fraction of sp³-hybridized carbons (Fsp3) is 0.148. The molecule has 3 aromatic rings. The number of thioether (sulfide) groups is 1. The van der Waals surface area contributed by atoms with Crippen LogP contribution >= 0.6 is 11.8 Å². The third-order valence-corrected chi connectivity index (χ3v) is 6.55. The largest absolute Gasteiger partial charge is 0.497 e. The number of hydrogen-bond acceptors (Lipinski definition) is 6. The van der Waals surface area contributed by atoms with Crippen molar-refractivity contribution in [3.05, 3.63) is 100 Å². The van der Waals surface area contributed by atoms with E-state index in [2.05, 4.69) is 4.99 Å². The molecule has 170 valence electrons. The third-order valence-electron chi connectivity index (χ3n) is 5.76. The number of carbonyl (C=O) groups excluding carboxylic acids is 1. The maximum Gasteiger partial charge on any atom is 0.311 e.